The van der Waals surface area contributed by atoms with Crippen molar-refractivity contribution >= 4 is 33.8 Å². The summed E-state index contributed by atoms with van der Waals surface area (Å²) in [7, 11) is -4.47. The Kier molecular flexibility index (Phi) is 25.3. The number of aliphatic hydroxyl groups is 5. The number of amides is 3. The number of carbonyl (C=O) groups is 4. The standard InChI is InChI=1S/C38H65N3O18S.2Na/c1-4-22-16-23(35(49)40-13-12-39-27(44)11-8-14-60(52,53)54)17-24(33(22)59-38-32(48)31(47)29(45)19(2)55-38)57-37-28(41-20(3)43)34(30(46)26(18-42)58-37)56-25(36(50)51)15-21-9-6-5-7-10-21;;/h19,21-26,28-34,37-38,42,45-48H,4-18H2,1-3H3,(H,39,44)(H,40,49)(H,41,43)(H,50,51)(H,52,53,54);;/q;2*+1/p-2/t19?,22?,23?,24-,25+,26+,28?,29-,30+,31+,32?,33-,34?,37-,38+;;/m1../s1. The molecule has 4 aliphatic rings. The first-order valence-corrected chi connectivity index (χ1v) is 22.5. The second kappa shape index (κ2) is 27.3. The molecule has 0 spiro atoms. The smallest absolute Gasteiger partial charge is 0.748 e. The Balaban J connectivity index is 0.00000661. The Labute approximate surface area is 406 Å². The molecule has 24 heteroatoms. The minimum atomic E-state index is -4.47. The van der Waals surface area contributed by atoms with Crippen LogP contribution in [0.4, 0.5) is 0 Å². The van der Waals surface area contributed by atoms with Crippen LogP contribution in [0, 0.1) is 17.8 Å². The van der Waals surface area contributed by atoms with Crippen LogP contribution in [0.25, 0.3) is 0 Å². The fourth-order valence-corrected chi connectivity index (χ4v) is 9.10. The second-order valence-electron chi connectivity index (χ2n) is 16.4. The maximum absolute atomic E-state index is 13.7. The summed E-state index contributed by atoms with van der Waals surface area (Å²) in [4.78, 5) is 50.9. The Morgan fingerprint density at radius 3 is 2.13 bits per heavy atom. The quantitative estimate of drug-likeness (QED) is 0.0319. The van der Waals surface area contributed by atoms with E-state index in [2.05, 4.69) is 16.0 Å². The molecule has 2 aliphatic heterocycles. The van der Waals surface area contributed by atoms with Gasteiger partial charge < -0.3 is 79.6 Å². The molecular formula is C38H63N3Na2O18S. The van der Waals surface area contributed by atoms with Gasteiger partial charge in [0.15, 0.2) is 12.6 Å². The van der Waals surface area contributed by atoms with Crippen molar-refractivity contribution in [2.45, 2.75) is 171 Å². The number of aliphatic hydroxyl groups excluding tert-OH is 5. The molecule has 2 saturated carbocycles. The van der Waals surface area contributed by atoms with Crippen LogP contribution in [0.15, 0.2) is 0 Å². The van der Waals surface area contributed by atoms with E-state index in [0.29, 0.717) is 6.42 Å². The number of nitrogens with one attached hydrogen (secondary N) is 3. The molecule has 4 fully saturated rings. The van der Waals surface area contributed by atoms with E-state index in [1.807, 2.05) is 6.92 Å². The topological polar surface area (TPSA) is 332 Å². The van der Waals surface area contributed by atoms with Crippen molar-refractivity contribution in [3.05, 3.63) is 0 Å². The van der Waals surface area contributed by atoms with Gasteiger partial charge in [0.25, 0.3) is 0 Å². The first kappa shape index (κ1) is 57.5. The van der Waals surface area contributed by atoms with Crippen LogP contribution in [0.5, 0.6) is 0 Å². The van der Waals surface area contributed by atoms with Crippen molar-refractivity contribution in [3.63, 3.8) is 0 Å². The molecule has 2 saturated heterocycles. The minimum Gasteiger partial charge on any atom is -0.748 e. The van der Waals surface area contributed by atoms with Crippen molar-refractivity contribution < 1.29 is 146 Å². The third-order valence-corrected chi connectivity index (χ3v) is 12.7. The van der Waals surface area contributed by atoms with E-state index in [4.69, 9.17) is 23.7 Å². The van der Waals surface area contributed by atoms with E-state index < -0.39 is 138 Å². The zero-order valence-corrected chi connectivity index (χ0v) is 41.1. The minimum absolute atomic E-state index is 0. The molecule has 0 aromatic heterocycles. The average Bonchev–Trinajstić information content (AvgIpc) is 3.19. The molecule has 3 amide bonds. The van der Waals surface area contributed by atoms with Crippen LogP contribution >= 0.6 is 0 Å². The molecule has 0 radical (unpaired) electrons. The number of rotatable bonds is 20. The van der Waals surface area contributed by atoms with Gasteiger partial charge in [-0.3, -0.25) is 14.4 Å². The summed E-state index contributed by atoms with van der Waals surface area (Å²) in [6, 6.07) is -1.38. The Bertz CT molecular complexity index is 1530. The maximum atomic E-state index is 13.7. The van der Waals surface area contributed by atoms with Gasteiger partial charge in [-0.2, -0.15) is 0 Å². The van der Waals surface area contributed by atoms with Gasteiger partial charge in [-0.25, -0.2) is 8.42 Å². The van der Waals surface area contributed by atoms with Crippen LogP contribution in [-0.2, 0) is 53.0 Å². The van der Waals surface area contributed by atoms with Gasteiger partial charge in [-0.15, -0.1) is 0 Å². The monoisotopic (exact) mass is 927 g/mol. The summed E-state index contributed by atoms with van der Waals surface area (Å²) >= 11 is 0. The summed E-state index contributed by atoms with van der Waals surface area (Å²) in [6.07, 6.45) is -12.3. The molecule has 0 aromatic carbocycles. The Morgan fingerprint density at radius 2 is 1.53 bits per heavy atom. The predicted octanol–water partition coefficient (Wildman–Crippen LogP) is -9.36. The van der Waals surface area contributed by atoms with Gasteiger partial charge >= 0.3 is 59.1 Å². The molecule has 62 heavy (non-hydrogen) atoms. The SMILES string of the molecule is CCC1CC(C(=O)NCCNC(=O)CCCS(=O)(=O)[O-])C[C@@H](O[C@@H]2O[C@@H](CO)[C@H](O)C(O[C@@H](CC3CCCCC3)C(=O)[O-])C2NC(C)=O)[C@@H]1O[C@@H]1OC(C)[C@@H](O)[C@H](O)C1O.[Na+].[Na+]. The Hall–Kier alpha value is -0.610. The fraction of sp³-hybridized carbons (Fsp3) is 0.895. The molecule has 2 heterocycles. The van der Waals surface area contributed by atoms with E-state index in [9.17, 15) is 62.8 Å². The van der Waals surface area contributed by atoms with Crippen molar-refractivity contribution in [2.75, 3.05) is 25.4 Å². The van der Waals surface area contributed by atoms with Crippen LogP contribution in [-0.4, -0.2) is 167 Å². The summed E-state index contributed by atoms with van der Waals surface area (Å²) in [5.74, 6) is -5.06. The summed E-state index contributed by atoms with van der Waals surface area (Å²) in [5, 5.41) is 73.8. The first-order chi connectivity index (χ1) is 28.3. The van der Waals surface area contributed by atoms with E-state index in [1.165, 1.54) is 13.8 Å². The van der Waals surface area contributed by atoms with Gasteiger partial charge in [-0.1, -0.05) is 45.4 Å². The van der Waals surface area contributed by atoms with Crippen LogP contribution < -0.4 is 80.2 Å². The van der Waals surface area contributed by atoms with Gasteiger partial charge in [0.05, 0.1) is 47.1 Å². The molecule has 4 rings (SSSR count). The van der Waals surface area contributed by atoms with Gasteiger partial charge in [0, 0.05) is 38.1 Å². The van der Waals surface area contributed by atoms with Crippen molar-refractivity contribution in [1.82, 2.24) is 16.0 Å². The number of carbonyl (C=O) groups excluding carboxylic acids is 4. The molecule has 346 valence electrons. The van der Waals surface area contributed by atoms with Crippen LogP contribution in [0.2, 0.25) is 0 Å². The predicted molar refractivity (Wildman–Crippen MR) is 203 cm³/mol. The summed E-state index contributed by atoms with van der Waals surface area (Å²) in [5.41, 5.74) is 0. The number of ether oxygens (including phenoxy) is 5. The number of hydrogen-bond acceptors (Lipinski definition) is 18. The summed E-state index contributed by atoms with van der Waals surface area (Å²) < 4.78 is 63.2. The van der Waals surface area contributed by atoms with E-state index >= 15 is 0 Å². The number of aliphatic carboxylic acids is 1. The number of carboxylic acid groups (broad SMARTS) is 1. The summed E-state index contributed by atoms with van der Waals surface area (Å²) in [6.45, 7) is 3.67. The van der Waals surface area contributed by atoms with E-state index in [-0.39, 0.29) is 110 Å². The molecule has 6 unspecified atom stereocenters. The van der Waals surface area contributed by atoms with Crippen LogP contribution in [0.3, 0.4) is 0 Å². The first-order valence-electron chi connectivity index (χ1n) is 20.9. The fourth-order valence-electron chi connectivity index (χ4n) is 8.60. The Morgan fingerprint density at radius 1 is 0.871 bits per heavy atom. The third kappa shape index (κ3) is 16.9. The molecule has 15 atom stereocenters. The maximum Gasteiger partial charge on any atom is 1.00 e. The van der Waals surface area contributed by atoms with E-state index in [0.717, 1.165) is 32.1 Å². The average molecular weight is 928 g/mol. The van der Waals surface area contributed by atoms with Crippen molar-refractivity contribution in [3.8, 4) is 0 Å². The molecule has 0 aromatic rings. The second-order valence-corrected chi connectivity index (χ2v) is 17.9. The van der Waals surface area contributed by atoms with Crippen LogP contribution in [0.1, 0.15) is 91.4 Å². The van der Waals surface area contributed by atoms with Gasteiger partial charge in [-0.05, 0) is 44.4 Å². The zero-order chi connectivity index (χ0) is 44.3. The van der Waals surface area contributed by atoms with E-state index in [1.54, 1.807) is 0 Å². The molecule has 21 nitrogen and oxygen atoms in total. The molecule has 2 aliphatic carbocycles. The normalized spacial score (nSPS) is 34.7. The molecular weight excluding hydrogens is 864 g/mol. The van der Waals surface area contributed by atoms with Crippen molar-refractivity contribution in [2.24, 2.45) is 17.8 Å². The zero-order valence-electron chi connectivity index (χ0n) is 36.3. The number of hydrogen-bond donors (Lipinski definition) is 8. The molecule has 8 N–H and O–H groups in total. The van der Waals surface area contributed by atoms with Gasteiger partial charge in [0.1, 0.15) is 42.7 Å². The van der Waals surface area contributed by atoms with Gasteiger partial charge in [0.2, 0.25) is 17.7 Å². The van der Waals surface area contributed by atoms with Crippen molar-refractivity contribution in [1.29, 1.82) is 0 Å². The number of carboxylic acids is 1. The third-order valence-electron chi connectivity index (χ3n) is 11.9. The molecule has 0 bridgehead atoms. The largest absolute Gasteiger partial charge is 1.00 e.